The molecule has 14 heteroatoms. The second-order valence-electron chi connectivity index (χ2n) is 10.2. The molecule has 0 bridgehead atoms. The third kappa shape index (κ3) is 7.67. The second-order valence-corrected chi connectivity index (χ2v) is 12.5. The first-order valence-corrected chi connectivity index (χ1v) is 14.6. The van der Waals surface area contributed by atoms with Crippen molar-refractivity contribution in [1.82, 2.24) is 14.2 Å². The Morgan fingerprint density at radius 2 is 1.74 bits per heavy atom. The Hall–Kier alpha value is -3.93. The molecule has 4 N–H and O–H groups in total. The number of alkyl halides is 3. The molecule has 4 rings (SSSR count). The van der Waals surface area contributed by atoms with E-state index in [1.165, 1.54) is 0 Å². The molecule has 3 aromatic rings. The van der Waals surface area contributed by atoms with E-state index in [0.717, 1.165) is 27.6 Å². The lowest BCUT2D eigenvalue weighted by atomic mass is 9.88. The van der Waals surface area contributed by atoms with E-state index in [9.17, 15) is 31.6 Å². The SMILES string of the molecule is CCS(=O)(=O)N1CCC(c2c[nH]c3c(C(N)=O)cc(-c4cc(C#N)cc(CN(C)C)c4)cc23)CC1.O=C(O)C(F)(F)F. The number of hydrogen-bond donors (Lipinski definition) is 3. The number of nitrogens with one attached hydrogen (secondary N) is 1. The molecule has 2 heterocycles. The number of nitrogens with two attached hydrogens (primary N) is 1. The quantitative estimate of drug-likeness (QED) is 0.365. The average Bonchev–Trinajstić information content (AvgIpc) is 3.35. The summed E-state index contributed by atoms with van der Waals surface area (Å²) in [5, 5.41) is 17.6. The number of hydrogen-bond acceptors (Lipinski definition) is 6. The summed E-state index contributed by atoms with van der Waals surface area (Å²) in [6.07, 6.45) is -1.75. The Balaban J connectivity index is 0.000000616. The molecule has 42 heavy (non-hydrogen) atoms. The van der Waals surface area contributed by atoms with Crippen LogP contribution in [0.2, 0.25) is 0 Å². The van der Waals surface area contributed by atoms with Crippen LogP contribution in [0.4, 0.5) is 13.2 Å². The van der Waals surface area contributed by atoms with Gasteiger partial charge in [-0.15, -0.1) is 0 Å². The van der Waals surface area contributed by atoms with Gasteiger partial charge in [0.25, 0.3) is 5.91 Å². The number of aromatic amines is 1. The van der Waals surface area contributed by atoms with E-state index in [1.807, 2.05) is 49.5 Å². The van der Waals surface area contributed by atoms with Crippen LogP contribution in [0.3, 0.4) is 0 Å². The number of rotatable bonds is 7. The number of piperidine rings is 1. The minimum absolute atomic E-state index is 0.105. The maximum atomic E-state index is 12.4. The number of benzene rings is 2. The van der Waals surface area contributed by atoms with Crippen molar-refractivity contribution in [3.63, 3.8) is 0 Å². The third-order valence-electron chi connectivity index (χ3n) is 6.94. The second kappa shape index (κ2) is 12.9. The number of nitriles is 1. The van der Waals surface area contributed by atoms with Crippen molar-refractivity contribution in [3.05, 3.63) is 58.8 Å². The summed E-state index contributed by atoms with van der Waals surface area (Å²) in [4.78, 5) is 26.5. The summed E-state index contributed by atoms with van der Waals surface area (Å²) in [5.74, 6) is -3.02. The van der Waals surface area contributed by atoms with Gasteiger partial charge in [-0.05, 0) is 92.4 Å². The van der Waals surface area contributed by atoms with Crippen LogP contribution in [0, 0.1) is 11.3 Å². The fourth-order valence-electron chi connectivity index (χ4n) is 4.96. The van der Waals surface area contributed by atoms with Gasteiger partial charge in [0.1, 0.15) is 0 Å². The summed E-state index contributed by atoms with van der Waals surface area (Å²) < 4.78 is 57.8. The number of fused-ring (bicyclic) bond motifs is 1. The normalized spacial score (nSPS) is 14.8. The predicted octanol–water partition coefficient (Wildman–Crippen LogP) is 4.03. The van der Waals surface area contributed by atoms with E-state index in [4.69, 9.17) is 15.6 Å². The standard InChI is InChI=1S/C26H31N5O3S.C2HF3O2/c1-4-35(33,34)31-7-5-19(6-8-31)24-15-29-25-22(24)12-21(13-23(25)26(28)32)20-10-17(14-27)9-18(11-20)16-30(2)3;3-2(4,5)1(6)7/h9-13,15,19,29H,4-8,16H2,1-3H3,(H2,28,32);(H,6,7). The van der Waals surface area contributed by atoms with Crippen molar-refractivity contribution in [1.29, 1.82) is 5.26 Å². The lowest BCUT2D eigenvalue weighted by molar-refractivity contribution is -0.192. The number of aliphatic carboxylic acids is 1. The smallest absolute Gasteiger partial charge is 0.475 e. The lowest BCUT2D eigenvalue weighted by Gasteiger charge is -2.31. The number of sulfonamides is 1. The van der Waals surface area contributed by atoms with Crippen molar-refractivity contribution in [2.45, 2.75) is 38.4 Å². The molecule has 0 spiro atoms. The first-order valence-electron chi connectivity index (χ1n) is 13.0. The zero-order valence-corrected chi connectivity index (χ0v) is 24.1. The fraction of sp³-hybridized carbons (Fsp3) is 0.393. The number of amides is 1. The molecule has 1 fully saturated rings. The maximum absolute atomic E-state index is 12.4. The molecular formula is C28H32F3N5O5S. The van der Waals surface area contributed by atoms with Gasteiger partial charge in [-0.25, -0.2) is 17.5 Å². The number of carboxylic acids is 1. The van der Waals surface area contributed by atoms with Gasteiger partial charge in [-0.2, -0.15) is 18.4 Å². The van der Waals surface area contributed by atoms with E-state index in [0.29, 0.717) is 49.1 Å². The molecule has 0 atom stereocenters. The molecule has 0 unspecified atom stereocenters. The molecule has 1 aromatic heterocycles. The summed E-state index contributed by atoms with van der Waals surface area (Å²) in [5.41, 5.74) is 11.1. The van der Waals surface area contributed by atoms with Crippen LogP contribution >= 0.6 is 0 Å². The molecule has 226 valence electrons. The highest BCUT2D eigenvalue weighted by atomic mass is 32.2. The number of nitrogens with zero attached hydrogens (tertiary/aromatic N) is 3. The first kappa shape index (κ1) is 32.6. The van der Waals surface area contributed by atoms with Gasteiger partial charge < -0.3 is 20.7 Å². The van der Waals surface area contributed by atoms with Crippen molar-refractivity contribution in [2.24, 2.45) is 5.73 Å². The van der Waals surface area contributed by atoms with Crippen molar-refractivity contribution in [2.75, 3.05) is 32.9 Å². The Labute approximate surface area is 241 Å². The average molecular weight is 608 g/mol. The van der Waals surface area contributed by atoms with Crippen LogP contribution < -0.4 is 5.73 Å². The molecule has 1 saturated heterocycles. The van der Waals surface area contributed by atoms with Gasteiger partial charge in [0.15, 0.2) is 0 Å². The Morgan fingerprint density at radius 1 is 1.14 bits per heavy atom. The number of primary amides is 1. The number of aromatic nitrogens is 1. The van der Waals surface area contributed by atoms with E-state index < -0.39 is 28.1 Å². The molecule has 0 radical (unpaired) electrons. The van der Waals surface area contributed by atoms with E-state index in [2.05, 4.69) is 11.1 Å². The molecule has 1 amide bonds. The fourth-order valence-corrected chi connectivity index (χ4v) is 6.09. The number of halogens is 3. The zero-order valence-electron chi connectivity index (χ0n) is 23.3. The van der Waals surface area contributed by atoms with Gasteiger partial charge in [-0.3, -0.25) is 4.79 Å². The molecule has 1 aliphatic rings. The first-order chi connectivity index (χ1) is 19.6. The molecule has 10 nitrogen and oxygen atoms in total. The van der Waals surface area contributed by atoms with Crippen LogP contribution in [0.15, 0.2) is 36.5 Å². The topological polar surface area (TPSA) is 161 Å². The number of H-pyrrole nitrogens is 1. The van der Waals surface area contributed by atoms with Gasteiger partial charge in [0, 0.05) is 31.2 Å². The number of carboxylic acid groups (broad SMARTS) is 1. The summed E-state index contributed by atoms with van der Waals surface area (Å²) in [6.45, 7) is 3.31. The molecule has 2 aromatic carbocycles. The molecule has 0 aliphatic carbocycles. The van der Waals surface area contributed by atoms with Crippen LogP contribution in [-0.2, 0) is 21.4 Å². The highest BCUT2D eigenvalue weighted by Crippen LogP contribution is 2.37. The highest BCUT2D eigenvalue weighted by Gasteiger charge is 2.38. The predicted molar refractivity (Wildman–Crippen MR) is 151 cm³/mol. The van der Waals surface area contributed by atoms with Crippen LogP contribution in [0.1, 0.15) is 52.7 Å². The van der Waals surface area contributed by atoms with Crippen molar-refractivity contribution in [3.8, 4) is 17.2 Å². The van der Waals surface area contributed by atoms with E-state index in [1.54, 1.807) is 17.3 Å². The van der Waals surface area contributed by atoms with Gasteiger partial charge in [-0.1, -0.05) is 0 Å². The van der Waals surface area contributed by atoms with Gasteiger partial charge >= 0.3 is 12.1 Å². The zero-order chi connectivity index (χ0) is 31.4. The van der Waals surface area contributed by atoms with E-state index >= 15 is 0 Å². The summed E-state index contributed by atoms with van der Waals surface area (Å²) in [7, 11) is 0.741. The molecular weight excluding hydrogens is 575 g/mol. The third-order valence-corrected chi connectivity index (χ3v) is 8.82. The number of carbonyl (C=O) groups excluding carboxylic acids is 1. The Morgan fingerprint density at radius 3 is 2.24 bits per heavy atom. The minimum Gasteiger partial charge on any atom is -0.475 e. The minimum atomic E-state index is -5.08. The Bertz CT molecular complexity index is 1620. The Kier molecular flexibility index (Phi) is 10.0. The van der Waals surface area contributed by atoms with Crippen molar-refractivity contribution >= 4 is 32.8 Å². The monoisotopic (exact) mass is 607 g/mol. The van der Waals surface area contributed by atoms with Crippen molar-refractivity contribution < 1.29 is 36.3 Å². The van der Waals surface area contributed by atoms with Gasteiger partial charge in [0.05, 0.1) is 28.5 Å². The molecule has 1 aliphatic heterocycles. The maximum Gasteiger partial charge on any atom is 0.490 e. The number of carbonyl (C=O) groups is 2. The van der Waals surface area contributed by atoms with Gasteiger partial charge in [0.2, 0.25) is 10.0 Å². The lowest BCUT2D eigenvalue weighted by Crippen LogP contribution is -2.38. The largest absolute Gasteiger partial charge is 0.490 e. The van der Waals surface area contributed by atoms with Crippen LogP contribution in [-0.4, -0.2) is 78.7 Å². The van der Waals surface area contributed by atoms with Crippen LogP contribution in [0.25, 0.3) is 22.0 Å². The van der Waals surface area contributed by atoms with Crippen LogP contribution in [0.5, 0.6) is 0 Å². The summed E-state index contributed by atoms with van der Waals surface area (Å²) in [6, 6.07) is 11.8. The summed E-state index contributed by atoms with van der Waals surface area (Å²) >= 11 is 0. The highest BCUT2D eigenvalue weighted by molar-refractivity contribution is 7.89. The molecule has 0 saturated carbocycles. The van der Waals surface area contributed by atoms with E-state index in [-0.39, 0.29) is 11.7 Å².